The number of hydrogen-bond acceptors (Lipinski definition) is 6. The second kappa shape index (κ2) is 5.72. The summed E-state index contributed by atoms with van der Waals surface area (Å²) in [5.74, 6) is -0.179. The van der Waals surface area contributed by atoms with Crippen LogP contribution in [-0.2, 0) is 13.5 Å². The average molecular weight is 317 g/mol. The zero-order valence-electron chi connectivity index (χ0n) is 12.5. The molecule has 0 aliphatic rings. The van der Waals surface area contributed by atoms with Gasteiger partial charge in [-0.05, 0) is 13.3 Å². The maximum Gasteiger partial charge on any atom is 0.294 e. The highest BCUT2D eigenvalue weighted by molar-refractivity contribution is 7.16. The largest absolute Gasteiger partial charge is 0.350 e. The van der Waals surface area contributed by atoms with E-state index in [-0.39, 0.29) is 11.7 Å². The van der Waals surface area contributed by atoms with Gasteiger partial charge in [0.2, 0.25) is 5.76 Å². The molecule has 0 saturated heterocycles. The first kappa shape index (κ1) is 14.5. The van der Waals surface area contributed by atoms with E-state index < -0.39 is 0 Å². The van der Waals surface area contributed by atoms with Gasteiger partial charge in [0.25, 0.3) is 5.91 Å². The molecule has 114 valence electrons. The minimum atomic E-state index is -0.336. The number of amides is 1. The number of aryl methyl sites for hydroxylation is 3. The molecule has 1 amide bonds. The van der Waals surface area contributed by atoms with Crippen molar-refractivity contribution in [2.24, 2.45) is 7.05 Å². The van der Waals surface area contributed by atoms with Gasteiger partial charge in [0, 0.05) is 24.9 Å². The molecule has 0 unspecified atom stereocenters. The summed E-state index contributed by atoms with van der Waals surface area (Å²) in [7, 11) is 1.81. The van der Waals surface area contributed by atoms with Crippen LogP contribution in [0.1, 0.15) is 28.2 Å². The molecule has 0 aliphatic carbocycles. The second-order valence-electron chi connectivity index (χ2n) is 4.81. The zero-order valence-corrected chi connectivity index (χ0v) is 13.3. The number of carbonyl (C=O) groups excluding carboxylic acids is 1. The molecule has 3 aromatic heterocycles. The van der Waals surface area contributed by atoms with Crippen LogP contribution in [0.3, 0.4) is 0 Å². The van der Waals surface area contributed by atoms with Crippen LogP contribution >= 0.6 is 11.3 Å². The predicted molar refractivity (Wildman–Crippen MR) is 82.9 cm³/mol. The van der Waals surface area contributed by atoms with Crippen molar-refractivity contribution in [3.63, 3.8) is 0 Å². The first-order valence-corrected chi connectivity index (χ1v) is 7.62. The van der Waals surface area contributed by atoms with Crippen molar-refractivity contribution in [2.45, 2.75) is 20.3 Å². The summed E-state index contributed by atoms with van der Waals surface area (Å²) in [6.45, 7) is 3.90. The summed E-state index contributed by atoms with van der Waals surface area (Å²) in [6, 6.07) is 1.60. The molecule has 3 rings (SSSR count). The fourth-order valence-electron chi connectivity index (χ4n) is 1.96. The lowest BCUT2D eigenvalue weighted by molar-refractivity contribution is 0.0988. The fraction of sp³-hybridized carbons (Fsp3) is 0.286. The van der Waals surface area contributed by atoms with Crippen molar-refractivity contribution in [2.75, 3.05) is 5.32 Å². The summed E-state index contributed by atoms with van der Waals surface area (Å²) in [6.07, 6.45) is 4.32. The van der Waals surface area contributed by atoms with Gasteiger partial charge in [-0.1, -0.05) is 12.1 Å². The Labute approximate surface area is 131 Å². The van der Waals surface area contributed by atoms with E-state index in [2.05, 4.69) is 20.6 Å². The van der Waals surface area contributed by atoms with Gasteiger partial charge in [0.15, 0.2) is 0 Å². The van der Waals surface area contributed by atoms with Crippen LogP contribution in [0, 0.1) is 6.92 Å². The van der Waals surface area contributed by atoms with E-state index >= 15 is 0 Å². The zero-order chi connectivity index (χ0) is 15.7. The molecule has 1 N–H and O–H groups in total. The Balaban J connectivity index is 1.78. The molecule has 0 aromatic carbocycles. The summed E-state index contributed by atoms with van der Waals surface area (Å²) in [4.78, 5) is 16.6. The van der Waals surface area contributed by atoms with Crippen LogP contribution in [0.15, 0.2) is 23.0 Å². The van der Waals surface area contributed by atoms with Crippen LogP contribution in [0.25, 0.3) is 11.3 Å². The lowest BCUT2D eigenvalue weighted by atomic mass is 10.2. The lowest BCUT2D eigenvalue weighted by Gasteiger charge is -1.98. The minimum absolute atomic E-state index is 0.157. The third kappa shape index (κ3) is 2.77. The van der Waals surface area contributed by atoms with Crippen molar-refractivity contribution < 1.29 is 9.32 Å². The highest BCUT2D eigenvalue weighted by Crippen LogP contribution is 2.25. The molecule has 3 heterocycles. The quantitative estimate of drug-likeness (QED) is 0.799. The Morgan fingerprint density at radius 1 is 1.50 bits per heavy atom. The molecule has 7 nitrogen and oxygen atoms in total. The summed E-state index contributed by atoms with van der Waals surface area (Å²) < 4.78 is 6.78. The number of anilines is 1. The predicted octanol–water partition coefficient (Wildman–Crippen LogP) is 2.65. The van der Waals surface area contributed by atoms with Crippen LogP contribution < -0.4 is 5.32 Å². The topological polar surface area (TPSA) is 85.8 Å². The van der Waals surface area contributed by atoms with E-state index in [1.54, 1.807) is 23.1 Å². The van der Waals surface area contributed by atoms with Gasteiger partial charge in [0.05, 0.1) is 16.9 Å². The summed E-state index contributed by atoms with van der Waals surface area (Å²) in [5.41, 5.74) is 2.18. The van der Waals surface area contributed by atoms with Crippen molar-refractivity contribution in [3.8, 4) is 11.3 Å². The molecule has 0 atom stereocenters. The Kier molecular flexibility index (Phi) is 3.76. The lowest BCUT2D eigenvalue weighted by Crippen LogP contribution is -2.10. The van der Waals surface area contributed by atoms with Gasteiger partial charge in [-0.15, -0.1) is 11.3 Å². The number of hydrogen-bond donors (Lipinski definition) is 1. The van der Waals surface area contributed by atoms with Gasteiger partial charge in [-0.2, -0.15) is 5.10 Å². The monoisotopic (exact) mass is 317 g/mol. The van der Waals surface area contributed by atoms with E-state index in [0.717, 1.165) is 27.7 Å². The van der Waals surface area contributed by atoms with E-state index in [1.807, 2.05) is 20.9 Å². The van der Waals surface area contributed by atoms with Gasteiger partial charge in [-0.3, -0.25) is 9.48 Å². The van der Waals surface area contributed by atoms with Crippen LogP contribution in [-0.4, -0.2) is 25.8 Å². The van der Waals surface area contributed by atoms with Crippen molar-refractivity contribution in [1.29, 1.82) is 0 Å². The van der Waals surface area contributed by atoms with E-state index in [1.165, 1.54) is 11.3 Å². The standard InChI is InChI=1S/C14H15N5O2S/c1-4-12-16-8(2)14(22-12)17-13(20)11-5-10(18-21-11)9-6-15-19(3)7-9/h5-7H,4H2,1-3H3,(H,17,20). The van der Waals surface area contributed by atoms with Crippen LogP contribution in [0.4, 0.5) is 5.00 Å². The number of nitrogens with one attached hydrogen (secondary N) is 1. The first-order chi connectivity index (χ1) is 10.6. The maximum atomic E-state index is 12.2. The number of rotatable bonds is 4. The Hall–Kier alpha value is -2.48. The summed E-state index contributed by atoms with van der Waals surface area (Å²) >= 11 is 1.47. The number of nitrogens with zero attached hydrogens (tertiary/aromatic N) is 4. The number of carbonyl (C=O) groups is 1. The molecule has 8 heteroatoms. The molecule has 0 aliphatic heterocycles. The van der Waals surface area contributed by atoms with Crippen molar-refractivity contribution in [1.82, 2.24) is 19.9 Å². The van der Waals surface area contributed by atoms with Gasteiger partial charge in [-0.25, -0.2) is 4.98 Å². The number of aromatic nitrogens is 4. The van der Waals surface area contributed by atoms with Crippen LogP contribution in [0.5, 0.6) is 0 Å². The van der Waals surface area contributed by atoms with E-state index in [9.17, 15) is 4.79 Å². The molecule has 0 radical (unpaired) electrons. The van der Waals surface area contributed by atoms with Gasteiger partial charge in [0.1, 0.15) is 10.7 Å². The Morgan fingerprint density at radius 2 is 2.32 bits per heavy atom. The van der Waals surface area contributed by atoms with Crippen molar-refractivity contribution in [3.05, 3.63) is 34.9 Å². The maximum absolute atomic E-state index is 12.2. The minimum Gasteiger partial charge on any atom is -0.350 e. The highest BCUT2D eigenvalue weighted by atomic mass is 32.1. The third-order valence-electron chi connectivity index (χ3n) is 3.10. The van der Waals surface area contributed by atoms with Crippen molar-refractivity contribution >= 4 is 22.2 Å². The molecular weight excluding hydrogens is 302 g/mol. The molecule has 0 fully saturated rings. The molecule has 22 heavy (non-hydrogen) atoms. The normalized spacial score (nSPS) is 10.9. The molecule has 0 bridgehead atoms. The molecule has 3 aromatic rings. The third-order valence-corrected chi connectivity index (χ3v) is 4.32. The SMILES string of the molecule is CCc1nc(C)c(NC(=O)c2cc(-c3cnn(C)c3)no2)s1. The van der Waals surface area contributed by atoms with E-state index in [4.69, 9.17) is 4.52 Å². The second-order valence-corrected chi connectivity index (χ2v) is 5.89. The Bertz CT molecular complexity index is 817. The molecular formula is C14H15N5O2S. The number of thiazole rings is 1. The average Bonchev–Trinajstić information content (AvgIpc) is 3.19. The van der Waals surface area contributed by atoms with E-state index in [0.29, 0.717) is 5.69 Å². The Morgan fingerprint density at radius 3 is 2.95 bits per heavy atom. The van der Waals surface area contributed by atoms with Crippen LogP contribution in [0.2, 0.25) is 0 Å². The van der Waals surface area contributed by atoms with Gasteiger partial charge >= 0.3 is 0 Å². The smallest absolute Gasteiger partial charge is 0.294 e. The van der Waals surface area contributed by atoms with Gasteiger partial charge < -0.3 is 9.84 Å². The summed E-state index contributed by atoms with van der Waals surface area (Å²) in [5, 5.41) is 12.5. The highest BCUT2D eigenvalue weighted by Gasteiger charge is 2.17. The fourth-order valence-corrected chi connectivity index (χ4v) is 2.86. The first-order valence-electron chi connectivity index (χ1n) is 6.80. The molecule has 0 spiro atoms. The molecule has 0 saturated carbocycles.